The zero-order valence-corrected chi connectivity index (χ0v) is 14.7. The van der Waals surface area contributed by atoms with Crippen molar-refractivity contribution >= 4 is 34.8 Å². The maximum atomic E-state index is 13.4. The number of phenolic OH excluding ortho intramolecular Hbond substituents is 1. The van der Waals surface area contributed by atoms with Crippen molar-refractivity contribution in [1.29, 1.82) is 0 Å². The van der Waals surface area contributed by atoms with E-state index in [1.807, 2.05) is 0 Å². The molecule has 0 saturated heterocycles. The highest BCUT2D eigenvalue weighted by molar-refractivity contribution is 6.35. The van der Waals surface area contributed by atoms with Gasteiger partial charge in [0.2, 0.25) is 5.82 Å². The first-order valence-electron chi connectivity index (χ1n) is 7.28. The Kier molecular flexibility index (Phi) is 4.84. The number of nitrogens with zero attached hydrogens (tertiary/aromatic N) is 2. The number of benzene rings is 2. The third-order valence-electron chi connectivity index (χ3n) is 3.59. The molecule has 0 spiro atoms. The molecule has 9 heteroatoms. The average Bonchev–Trinajstić information content (AvgIpc) is 2.97. The number of rotatable bonds is 3. The first-order chi connectivity index (χ1) is 12.3. The molecule has 0 saturated carbocycles. The van der Waals surface area contributed by atoms with E-state index in [0.29, 0.717) is 21.3 Å². The van der Waals surface area contributed by atoms with Crippen LogP contribution < -0.4 is 5.32 Å². The number of anilines is 1. The Morgan fingerprint density at radius 2 is 1.96 bits per heavy atom. The van der Waals surface area contributed by atoms with Gasteiger partial charge in [-0.2, -0.15) is 9.49 Å². The molecule has 134 valence electrons. The van der Waals surface area contributed by atoms with Gasteiger partial charge in [-0.1, -0.05) is 23.2 Å². The van der Waals surface area contributed by atoms with Crippen LogP contribution in [0, 0.1) is 18.6 Å². The Balaban J connectivity index is 1.92. The number of nitrogens with one attached hydrogen (secondary N) is 1. The summed E-state index contributed by atoms with van der Waals surface area (Å²) in [5, 5.41) is 16.9. The molecule has 0 bridgehead atoms. The summed E-state index contributed by atoms with van der Waals surface area (Å²) in [6.45, 7) is 1.65. The molecule has 0 aliphatic heterocycles. The van der Waals surface area contributed by atoms with Gasteiger partial charge in [-0.05, 0) is 37.3 Å². The van der Waals surface area contributed by atoms with Gasteiger partial charge in [0.15, 0.2) is 17.3 Å². The number of amides is 1. The van der Waals surface area contributed by atoms with Crippen LogP contribution in [-0.2, 0) is 0 Å². The molecule has 0 aliphatic carbocycles. The second kappa shape index (κ2) is 6.93. The van der Waals surface area contributed by atoms with Gasteiger partial charge in [0.25, 0.3) is 5.91 Å². The van der Waals surface area contributed by atoms with E-state index in [4.69, 9.17) is 23.2 Å². The van der Waals surface area contributed by atoms with Crippen molar-refractivity contribution in [3.8, 4) is 11.4 Å². The fourth-order valence-electron chi connectivity index (χ4n) is 2.30. The van der Waals surface area contributed by atoms with Crippen LogP contribution in [0.3, 0.4) is 0 Å². The van der Waals surface area contributed by atoms with Crippen molar-refractivity contribution in [2.24, 2.45) is 0 Å². The highest BCUT2D eigenvalue weighted by Gasteiger charge is 2.19. The van der Waals surface area contributed by atoms with Crippen LogP contribution in [0.25, 0.3) is 5.69 Å². The lowest BCUT2D eigenvalue weighted by atomic mass is 10.2. The molecule has 2 aromatic carbocycles. The predicted octanol–water partition coefficient (Wildman–Crippen LogP) is 4.72. The van der Waals surface area contributed by atoms with E-state index in [1.165, 1.54) is 10.7 Å². The minimum Gasteiger partial charge on any atom is -0.503 e. The van der Waals surface area contributed by atoms with E-state index in [-0.39, 0.29) is 11.4 Å². The van der Waals surface area contributed by atoms with Gasteiger partial charge in [0, 0.05) is 16.8 Å². The number of halogens is 4. The average molecular weight is 398 g/mol. The number of aryl methyl sites for hydroxylation is 1. The number of aromatic nitrogens is 2. The molecule has 1 aromatic heterocycles. The Morgan fingerprint density at radius 3 is 2.65 bits per heavy atom. The maximum absolute atomic E-state index is 13.4. The van der Waals surface area contributed by atoms with Crippen molar-refractivity contribution in [2.75, 3.05) is 5.32 Å². The van der Waals surface area contributed by atoms with E-state index < -0.39 is 23.3 Å². The standard InChI is InChI=1S/C17H11Cl2F2N3O2/c1-8-7-24(13-5-2-9(18)6-10(13)19)23-15(8)17(26)22-12-4-3-11(20)14(21)16(12)25/h2-7,25H,1H3,(H,22,26). The molecule has 0 radical (unpaired) electrons. The number of carbonyl (C=O) groups excluding carboxylic acids is 1. The summed E-state index contributed by atoms with van der Waals surface area (Å²) in [7, 11) is 0. The van der Waals surface area contributed by atoms with Gasteiger partial charge in [0.05, 0.1) is 16.4 Å². The van der Waals surface area contributed by atoms with Gasteiger partial charge >= 0.3 is 0 Å². The van der Waals surface area contributed by atoms with Crippen LogP contribution in [-0.4, -0.2) is 20.8 Å². The zero-order chi connectivity index (χ0) is 19.0. The molecule has 2 N–H and O–H groups in total. The second-order valence-corrected chi connectivity index (χ2v) is 6.26. The number of carbonyl (C=O) groups is 1. The third-order valence-corrected chi connectivity index (χ3v) is 4.12. The molecule has 26 heavy (non-hydrogen) atoms. The molecular formula is C17H11Cl2F2N3O2. The fraction of sp³-hybridized carbons (Fsp3) is 0.0588. The smallest absolute Gasteiger partial charge is 0.276 e. The zero-order valence-electron chi connectivity index (χ0n) is 13.2. The molecular weight excluding hydrogens is 387 g/mol. The summed E-state index contributed by atoms with van der Waals surface area (Å²) in [4.78, 5) is 12.4. The van der Waals surface area contributed by atoms with Gasteiger partial charge in [-0.15, -0.1) is 0 Å². The van der Waals surface area contributed by atoms with Crippen LogP contribution >= 0.6 is 23.2 Å². The Labute approximate surface area is 156 Å². The number of aromatic hydroxyl groups is 1. The maximum Gasteiger partial charge on any atom is 0.276 e. The quantitative estimate of drug-likeness (QED) is 0.628. The second-order valence-electron chi connectivity index (χ2n) is 5.41. The topological polar surface area (TPSA) is 67.2 Å². The van der Waals surface area contributed by atoms with Gasteiger partial charge < -0.3 is 10.4 Å². The molecule has 0 fully saturated rings. The number of phenols is 1. The lowest BCUT2D eigenvalue weighted by Crippen LogP contribution is -2.14. The van der Waals surface area contributed by atoms with Crippen LogP contribution in [0.4, 0.5) is 14.5 Å². The van der Waals surface area contributed by atoms with Crippen LogP contribution in [0.1, 0.15) is 16.1 Å². The Morgan fingerprint density at radius 1 is 1.23 bits per heavy atom. The Hall–Kier alpha value is -2.64. The third kappa shape index (κ3) is 3.36. The minimum absolute atomic E-state index is 0.0279. The lowest BCUT2D eigenvalue weighted by Gasteiger charge is -2.07. The minimum atomic E-state index is -1.45. The van der Waals surface area contributed by atoms with E-state index >= 15 is 0 Å². The highest BCUT2D eigenvalue weighted by atomic mass is 35.5. The van der Waals surface area contributed by atoms with E-state index in [0.717, 1.165) is 12.1 Å². The van der Waals surface area contributed by atoms with Crippen LogP contribution in [0.2, 0.25) is 10.0 Å². The van der Waals surface area contributed by atoms with Crippen LogP contribution in [0.5, 0.6) is 5.75 Å². The summed E-state index contributed by atoms with van der Waals surface area (Å²) in [5.74, 6) is -4.36. The fourth-order valence-corrected chi connectivity index (χ4v) is 2.79. The van der Waals surface area contributed by atoms with E-state index in [1.54, 1.807) is 25.3 Å². The molecule has 0 unspecified atom stereocenters. The first-order valence-corrected chi connectivity index (χ1v) is 8.03. The molecule has 0 atom stereocenters. The summed E-state index contributed by atoms with van der Waals surface area (Å²) in [5.41, 5.74) is 0.775. The van der Waals surface area contributed by atoms with Crippen molar-refractivity contribution in [2.45, 2.75) is 6.92 Å². The summed E-state index contributed by atoms with van der Waals surface area (Å²) in [6, 6.07) is 6.64. The first kappa shape index (κ1) is 18.2. The largest absolute Gasteiger partial charge is 0.503 e. The van der Waals surface area contributed by atoms with Crippen molar-refractivity contribution < 1.29 is 18.7 Å². The lowest BCUT2D eigenvalue weighted by molar-refractivity contribution is 0.102. The van der Waals surface area contributed by atoms with Crippen LogP contribution in [0.15, 0.2) is 36.5 Å². The predicted molar refractivity (Wildman–Crippen MR) is 94.3 cm³/mol. The van der Waals surface area contributed by atoms with Crippen molar-refractivity contribution in [3.63, 3.8) is 0 Å². The van der Waals surface area contributed by atoms with Gasteiger partial charge in [0.1, 0.15) is 0 Å². The molecule has 3 rings (SSSR count). The van der Waals surface area contributed by atoms with Crippen molar-refractivity contribution in [1.82, 2.24) is 9.78 Å². The summed E-state index contributed by atoms with van der Waals surface area (Å²) >= 11 is 12.0. The molecule has 1 amide bonds. The summed E-state index contributed by atoms with van der Waals surface area (Å²) < 4.78 is 27.9. The van der Waals surface area contributed by atoms with Gasteiger partial charge in [-0.25, -0.2) is 9.07 Å². The van der Waals surface area contributed by atoms with E-state index in [2.05, 4.69) is 10.4 Å². The molecule has 3 aromatic rings. The SMILES string of the molecule is Cc1cn(-c2ccc(Cl)cc2Cl)nc1C(=O)Nc1ccc(F)c(F)c1O. The van der Waals surface area contributed by atoms with Crippen molar-refractivity contribution in [3.05, 3.63) is 69.5 Å². The van der Waals surface area contributed by atoms with E-state index in [9.17, 15) is 18.7 Å². The number of hydrogen-bond acceptors (Lipinski definition) is 3. The molecule has 5 nitrogen and oxygen atoms in total. The normalized spacial score (nSPS) is 10.8. The van der Waals surface area contributed by atoms with Gasteiger partial charge in [-0.3, -0.25) is 4.79 Å². The molecule has 0 aliphatic rings. The summed E-state index contributed by atoms with van der Waals surface area (Å²) in [6.07, 6.45) is 1.58. The number of hydrogen-bond donors (Lipinski definition) is 2. The molecule has 1 heterocycles. The Bertz CT molecular complexity index is 1020. The highest BCUT2D eigenvalue weighted by Crippen LogP contribution is 2.29. The monoisotopic (exact) mass is 397 g/mol.